The zero-order valence-corrected chi connectivity index (χ0v) is 28.2. The Kier molecular flexibility index (Phi) is 15.1. The van der Waals surface area contributed by atoms with Gasteiger partial charge in [-0.3, -0.25) is 36.6 Å². The number of nitrogens with zero attached hydrogens (tertiary/aromatic N) is 6. The predicted octanol–water partition coefficient (Wildman–Crippen LogP) is 5.75. The number of carbonyl (C=O) groups excluding carboxylic acids is 2. The first-order chi connectivity index (χ1) is 21.3. The molecule has 2 unspecified atom stereocenters. The third-order valence-corrected chi connectivity index (χ3v) is 5.79. The summed E-state index contributed by atoms with van der Waals surface area (Å²) in [5.74, 6) is -0.336. The summed E-state index contributed by atoms with van der Waals surface area (Å²) in [5, 5.41) is 10.3. The van der Waals surface area contributed by atoms with E-state index in [9.17, 15) is 9.59 Å². The predicted molar refractivity (Wildman–Crippen MR) is 176 cm³/mol. The average molecular weight is 663 g/mol. The molecule has 4 aromatic heterocycles. The van der Waals surface area contributed by atoms with Crippen LogP contribution < -0.4 is 10.6 Å². The van der Waals surface area contributed by atoms with Crippen molar-refractivity contribution in [2.45, 2.75) is 64.7 Å². The first kappa shape index (κ1) is 38.2. The molecule has 2 radical (unpaired) electrons. The minimum absolute atomic E-state index is 0. The maximum absolute atomic E-state index is 12.7. The molecule has 4 heterocycles. The van der Waals surface area contributed by atoms with Crippen molar-refractivity contribution in [2.75, 3.05) is 0 Å². The van der Waals surface area contributed by atoms with E-state index in [4.69, 9.17) is 0 Å². The molecule has 0 spiro atoms. The summed E-state index contributed by atoms with van der Waals surface area (Å²) in [6.07, 6.45) is 6.71. The third-order valence-electron chi connectivity index (χ3n) is 5.79. The van der Waals surface area contributed by atoms with Gasteiger partial charge in [0.1, 0.15) is 6.04 Å². The molecule has 0 aromatic carbocycles. The van der Waals surface area contributed by atoms with Crippen molar-refractivity contribution >= 4 is 11.8 Å². The van der Waals surface area contributed by atoms with Crippen LogP contribution in [0, 0.1) is 20.1 Å². The van der Waals surface area contributed by atoms with Crippen molar-refractivity contribution in [3.63, 3.8) is 0 Å². The fraction of sp³-hybridized carbons (Fsp3) is 0.286. The van der Waals surface area contributed by atoms with Crippen molar-refractivity contribution in [3.8, 4) is 0 Å². The molecule has 2 amide bonds. The van der Waals surface area contributed by atoms with E-state index in [1.807, 2.05) is 108 Å². The third kappa shape index (κ3) is 13.5. The van der Waals surface area contributed by atoms with Gasteiger partial charge < -0.3 is 20.9 Å². The maximum atomic E-state index is 12.7. The molecule has 11 heteroatoms. The molecule has 0 bridgehead atoms. The summed E-state index contributed by atoms with van der Waals surface area (Å²) in [4.78, 5) is 43.8. The van der Waals surface area contributed by atoms with Crippen LogP contribution in [0.1, 0.15) is 76.4 Å². The molecule has 0 aliphatic rings. The summed E-state index contributed by atoms with van der Waals surface area (Å²) in [6, 6.07) is 20.7. The van der Waals surface area contributed by atoms with Gasteiger partial charge in [-0.05, 0) is 96.1 Å². The molecule has 2 N–H and O–H groups in total. The van der Waals surface area contributed by atoms with Crippen LogP contribution in [0.25, 0.3) is 5.32 Å². The van der Waals surface area contributed by atoms with Crippen molar-refractivity contribution in [3.05, 3.63) is 146 Å². The Bertz CT molecular complexity index is 1450. The van der Waals surface area contributed by atoms with E-state index in [1.165, 1.54) is 0 Å². The Morgan fingerprint density at radius 1 is 0.696 bits per heavy atom. The van der Waals surface area contributed by atoms with Gasteiger partial charge in [0.05, 0.1) is 11.4 Å². The SMILES string of the molecule is CC(C)(C)NC(=O)C([N-][CH]c1ccccn1)c1ccccn1.[CH2-]N([CH]c1ccccn1)C(C(=O)NC(C)(C)C)c1ccccn1.[Fe+2]. The molecule has 4 rings (SSSR count). The van der Waals surface area contributed by atoms with Gasteiger partial charge in [0.15, 0.2) is 0 Å². The van der Waals surface area contributed by atoms with E-state index in [2.05, 4.69) is 42.9 Å². The summed E-state index contributed by atoms with van der Waals surface area (Å²) in [7, 11) is 4.00. The minimum atomic E-state index is -0.692. The molecular weight excluding hydrogens is 620 g/mol. The van der Waals surface area contributed by atoms with E-state index in [0.29, 0.717) is 17.1 Å². The Morgan fingerprint density at radius 2 is 1.15 bits per heavy atom. The van der Waals surface area contributed by atoms with Crippen LogP contribution >= 0.6 is 0 Å². The van der Waals surface area contributed by atoms with Gasteiger partial charge in [-0.1, -0.05) is 24.3 Å². The second-order valence-corrected chi connectivity index (χ2v) is 12.2. The number of hydrogen-bond donors (Lipinski definition) is 2. The van der Waals surface area contributed by atoms with Gasteiger partial charge >= 0.3 is 17.1 Å². The fourth-order valence-corrected chi connectivity index (χ4v) is 3.98. The summed E-state index contributed by atoms with van der Waals surface area (Å²) in [6.45, 7) is 15.0. The molecule has 4 aromatic rings. The topological polar surface area (TPSA) is 127 Å². The Balaban J connectivity index is 0.000000314. The molecule has 0 fully saturated rings. The van der Waals surface area contributed by atoms with Crippen molar-refractivity contribution in [2.24, 2.45) is 0 Å². The molecule has 0 aliphatic heterocycles. The molecule has 0 aliphatic carbocycles. The Morgan fingerprint density at radius 3 is 1.61 bits per heavy atom. The van der Waals surface area contributed by atoms with Gasteiger partial charge in [-0.15, -0.1) is 6.54 Å². The van der Waals surface area contributed by atoms with Gasteiger partial charge in [-0.25, -0.2) is 0 Å². The maximum Gasteiger partial charge on any atom is 2.00 e. The van der Waals surface area contributed by atoms with Crippen LogP contribution in [0.15, 0.2) is 97.6 Å². The van der Waals surface area contributed by atoms with Crippen LogP contribution in [0.2, 0.25) is 0 Å². The summed E-state index contributed by atoms with van der Waals surface area (Å²) in [5.41, 5.74) is 2.01. The van der Waals surface area contributed by atoms with E-state index in [-0.39, 0.29) is 40.0 Å². The number of amides is 2. The molecule has 46 heavy (non-hydrogen) atoms. The number of rotatable bonds is 10. The number of pyridine rings is 4. The minimum Gasteiger partial charge on any atom is -0.640 e. The first-order valence-corrected chi connectivity index (χ1v) is 14.6. The summed E-state index contributed by atoms with van der Waals surface area (Å²) < 4.78 is 0. The first-order valence-electron chi connectivity index (χ1n) is 14.6. The fourth-order valence-electron chi connectivity index (χ4n) is 3.98. The van der Waals surface area contributed by atoms with Crippen LogP contribution in [0.3, 0.4) is 0 Å². The van der Waals surface area contributed by atoms with Gasteiger partial charge in [0.25, 0.3) is 0 Å². The molecule has 10 nitrogen and oxygen atoms in total. The van der Waals surface area contributed by atoms with Crippen LogP contribution in [0.5, 0.6) is 0 Å². The van der Waals surface area contributed by atoms with E-state index >= 15 is 0 Å². The van der Waals surface area contributed by atoms with Crippen molar-refractivity contribution in [1.82, 2.24) is 35.5 Å². The van der Waals surface area contributed by atoms with Gasteiger partial charge in [-0.2, -0.15) is 0 Å². The van der Waals surface area contributed by atoms with Crippen molar-refractivity contribution in [1.29, 1.82) is 0 Å². The van der Waals surface area contributed by atoms with Crippen LogP contribution in [-0.4, -0.2) is 47.7 Å². The van der Waals surface area contributed by atoms with E-state index < -0.39 is 12.1 Å². The van der Waals surface area contributed by atoms with Gasteiger partial charge in [0.2, 0.25) is 11.8 Å². The molecule has 0 saturated heterocycles. The largest absolute Gasteiger partial charge is 2.00 e. The number of nitrogens with one attached hydrogen (secondary N) is 2. The number of hydrogen-bond acceptors (Lipinski definition) is 7. The second-order valence-electron chi connectivity index (χ2n) is 12.2. The zero-order chi connectivity index (χ0) is 32.9. The standard InChI is InChI=1S/C18H22N4O.C17H20N4O.Fe/c1-18(2,3)21-17(23)16(15-10-6-8-12-20-15)22(4)13-14-9-5-7-11-19-14;1-17(2,3)21-16(22)15(14-9-5-7-11-19-14)20-12-13-8-4-6-10-18-13;/h5-13,16H,4H2,1-3H3,(H,21,23);4-12,15H,1-3H3,(H,21,22);/q2*-1;+2. The quantitative estimate of drug-likeness (QED) is 0.164. The molecular formula is C35H42FeN8O2. The average Bonchev–Trinajstić information content (AvgIpc) is 2.98. The zero-order valence-electron chi connectivity index (χ0n) is 27.1. The molecule has 242 valence electrons. The van der Waals surface area contributed by atoms with E-state index in [0.717, 1.165) is 5.69 Å². The van der Waals surface area contributed by atoms with E-state index in [1.54, 1.807) is 48.8 Å². The molecule has 0 saturated carbocycles. The summed E-state index contributed by atoms with van der Waals surface area (Å²) >= 11 is 0. The van der Waals surface area contributed by atoms with Crippen molar-refractivity contribution < 1.29 is 26.7 Å². The Hall–Kier alpha value is -4.02. The molecule has 2 atom stereocenters. The number of aromatic nitrogens is 4. The normalized spacial score (nSPS) is 12.5. The number of carbonyl (C=O) groups is 2. The monoisotopic (exact) mass is 662 g/mol. The van der Waals surface area contributed by atoms with Crippen LogP contribution in [0.4, 0.5) is 0 Å². The smallest absolute Gasteiger partial charge is 0.640 e. The van der Waals surface area contributed by atoms with Crippen LogP contribution in [-0.2, 0) is 26.7 Å². The van der Waals surface area contributed by atoms with Gasteiger partial charge in [0, 0.05) is 53.8 Å². The Labute approximate surface area is 283 Å². The second kappa shape index (κ2) is 18.2.